The number of carbonyl (C=O) groups is 2. The van der Waals surface area contributed by atoms with Crippen LogP contribution in [0.25, 0.3) is 0 Å². The zero-order valence-corrected chi connectivity index (χ0v) is 11.3. The Morgan fingerprint density at radius 1 is 1.57 bits per heavy atom. The number of ketones is 1. The quantitative estimate of drug-likeness (QED) is 0.356. The van der Waals surface area contributed by atoms with Crippen LogP contribution < -0.4 is 0 Å². The first-order valence-electron chi connectivity index (χ1n) is 3.94. The normalized spacial score (nSPS) is 9.93. The van der Waals surface area contributed by atoms with Crippen molar-refractivity contribution in [2.75, 3.05) is 5.33 Å². The summed E-state index contributed by atoms with van der Waals surface area (Å²) in [5, 5.41) is 0.308. The Morgan fingerprint density at radius 3 is 2.71 bits per heavy atom. The summed E-state index contributed by atoms with van der Waals surface area (Å²) >= 11 is 5.19. The van der Waals surface area contributed by atoms with E-state index in [0.717, 1.165) is 15.4 Å². The van der Waals surface area contributed by atoms with Crippen LogP contribution in [0, 0.1) is 10.5 Å². The van der Waals surface area contributed by atoms with Crippen LogP contribution in [-0.2, 0) is 0 Å². The SMILES string of the molecule is Cc1cc(C(=O)CBr)c(I)cc1C=O. The molecule has 0 saturated carbocycles. The van der Waals surface area contributed by atoms with Gasteiger partial charge in [0.1, 0.15) is 6.29 Å². The number of hydrogen-bond donors (Lipinski definition) is 0. The number of carbonyl (C=O) groups excluding carboxylic acids is 2. The Kier molecular flexibility index (Phi) is 4.25. The largest absolute Gasteiger partial charge is 0.298 e. The van der Waals surface area contributed by atoms with Gasteiger partial charge in [-0.2, -0.15) is 0 Å². The van der Waals surface area contributed by atoms with Crippen molar-refractivity contribution in [1.82, 2.24) is 0 Å². The molecule has 0 unspecified atom stereocenters. The van der Waals surface area contributed by atoms with Gasteiger partial charge in [-0.3, -0.25) is 9.59 Å². The Balaban J connectivity index is 3.28. The van der Waals surface area contributed by atoms with Crippen LogP contribution in [0.3, 0.4) is 0 Å². The van der Waals surface area contributed by atoms with E-state index in [0.29, 0.717) is 16.5 Å². The van der Waals surface area contributed by atoms with Crippen molar-refractivity contribution in [3.8, 4) is 0 Å². The minimum Gasteiger partial charge on any atom is -0.298 e. The van der Waals surface area contributed by atoms with Crippen molar-refractivity contribution in [1.29, 1.82) is 0 Å². The molecule has 14 heavy (non-hydrogen) atoms. The summed E-state index contributed by atoms with van der Waals surface area (Å²) in [6.45, 7) is 1.82. The van der Waals surface area contributed by atoms with Gasteiger partial charge in [-0.15, -0.1) is 0 Å². The number of Topliss-reactive ketones (excluding diaryl/α,β-unsaturated/α-hetero) is 1. The molecule has 74 valence electrons. The minimum atomic E-state index is 0.0370. The van der Waals surface area contributed by atoms with Crippen LogP contribution in [0.2, 0.25) is 0 Å². The van der Waals surface area contributed by atoms with E-state index in [1.165, 1.54) is 0 Å². The van der Waals surface area contributed by atoms with Gasteiger partial charge in [0.2, 0.25) is 0 Å². The predicted molar refractivity (Wildman–Crippen MR) is 67.4 cm³/mol. The Labute approximate surface area is 104 Å². The molecule has 0 fully saturated rings. The molecule has 0 amide bonds. The van der Waals surface area contributed by atoms with Crippen LogP contribution in [0.15, 0.2) is 12.1 Å². The monoisotopic (exact) mass is 366 g/mol. The van der Waals surface area contributed by atoms with Crippen LogP contribution in [-0.4, -0.2) is 17.4 Å². The third-order valence-corrected chi connectivity index (χ3v) is 3.31. The molecule has 4 heteroatoms. The second-order valence-electron chi connectivity index (χ2n) is 2.86. The van der Waals surface area contributed by atoms with E-state index < -0.39 is 0 Å². The molecule has 0 aliphatic carbocycles. The van der Waals surface area contributed by atoms with Gasteiger partial charge in [0.15, 0.2) is 5.78 Å². The lowest BCUT2D eigenvalue weighted by Gasteiger charge is -2.05. The third-order valence-electron chi connectivity index (χ3n) is 1.90. The van der Waals surface area contributed by atoms with Gasteiger partial charge in [-0.05, 0) is 47.2 Å². The van der Waals surface area contributed by atoms with Gasteiger partial charge in [-0.1, -0.05) is 15.9 Å². The molecule has 0 N–H and O–H groups in total. The average Bonchev–Trinajstić information content (AvgIpc) is 2.19. The molecule has 0 bridgehead atoms. The number of benzene rings is 1. The molecule has 2 nitrogen and oxygen atoms in total. The third kappa shape index (κ3) is 2.42. The second-order valence-corrected chi connectivity index (χ2v) is 4.59. The molecule has 0 atom stereocenters. The number of aryl methyl sites for hydroxylation is 1. The van der Waals surface area contributed by atoms with Gasteiger partial charge in [0.05, 0.1) is 5.33 Å². The van der Waals surface area contributed by atoms with Gasteiger partial charge in [-0.25, -0.2) is 0 Å². The van der Waals surface area contributed by atoms with Gasteiger partial charge in [0.25, 0.3) is 0 Å². The lowest BCUT2D eigenvalue weighted by Crippen LogP contribution is -2.04. The van der Waals surface area contributed by atoms with Crippen molar-refractivity contribution in [3.63, 3.8) is 0 Å². The lowest BCUT2D eigenvalue weighted by molar-refractivity contribution is 0.102. The minimum absolute atomic E-state index is 0.0370. The van der Waals surface area contributed by atoms with Crippen LogP contribution in [0.5, 0.6) is 0 Å². The Bertz CT molecular complexity index is 388. The molecule has 1 aromatic rings. The maximum atomic E-state index is 11.4. The zero-order chi connectivity index (χ0) is 10.7. The van der Waals surface area contributed by atoms with Crippen molar-refractivity contribution in [3.05, 3.63) is 32.4 Å². The standard InChI is InChI=1S/C10H8BrIO2/c1-6-2-8(10(14)4-11)9(12)3-7(6)5-13/h2-3,5H,4H2,1H3. The first-order valence-corrected chi connectivity index (χ1v) is 6.14. The van der Waals surface area contributed by atoms with Crippen molar-refractivity contribution in [2.24, 2.45) is 0 Å². The molecule has 0 spiro atoms. The fourth-order valence-electron chi connectivity index (χ4n) is 1.11. The molecule has 0 saturated heterocycles. The average molecular weight is 367 g/mol. The fraction of sp³-hybridized carbons (Fsp3) is 0.200. The van der Waals surface area contributed by atoms with Crippen molar-refractivity contribution >= 4 is 50.6 Å². The summed E-state index contributed by atoms with van der Waals surface area (Å²) in [6, 6.07) is 3.49. The molecule has 0 aliphatic heterocycles. The van der Waals surface area contributed by atoms with E-state index in [9.17, 15) is 9.59 Å². The predicted octanol–water partition coefficient (Wildman–Crippen LogP) is 2.99. The molecule has 0 radical (unpaired) electrons. The molecule has 1 rings (SSSR count). The Hall–Kier alpha value is -0.230. The molecule has 1 aromatic carbocycles. The van der Waals surface area contributed by atoms with Gasteiger partial charge in [0, 0.05) is 14.7 Å². The summed E-state index contributed by atoms with van der Waals surface area (Å²) in [6.07, 6.45) is 0.805. The summed E-state index contributed by atoms with van der Waals surface area (Å²) in [5.74, 6) is 0.0370. The highest BCUT2D eigenvalue weighted by molar-refractivity contribution is 14.1. The van der Waals surface area contributed by atoms with E-state index in [4.69, 9.17) is 0 Å². The molecule has 0 heterocycles. The van der Waals surface area contributed by atoms with E-state index in [1.807, 2.05) is 6.92 Å². The zero-order valence-electron chi connectivity index (χ0n) is 7.51. The number of alkyl halides is 1. The second kappa shape index (κ2) is 5.02. The van der Waals surface area contributed by atoms with E-state index in [2.05, 4.69) is 38.5 Å². The number of aldehydes is 1. The van der Waals surface area contributed by atoms with Crippen LogP contribution in [0.1, 0.15) is 26.3 Å². The first kappa shape index (κ1) is 11.8. The van der Waals surface area contributed by atoms with E-state index in [1.54, 1.807) is 12.1 Å². The molecule has 0 aromatic heterocycles. The summed E-state index contributed by atoms with van der Waals surface area (Å²) < 4.78 is 0.819. The highest BCUT2D eigenvalue weighted by Crippen LogP contribution is 2.18. The van der Waals surface area contributed by atoms with Crippen LogP contribution >= 0.6 is 38.5 Å². The summed E-state index contributed by atoms with van der Waals surface area (Å²) in [5.41, 5.74) is 2.15. The van der Waals surface area contributed by atoms with Crippen molar-refractivity contribution < 1.29 is 9.59 Å². The molecular formula is C10H8BrIO2. The number of hydrogen-bond acceptors (Lipinski definition) is 2. The molecular weight excluding hydrogens is 359 g/mol. The van der Waals surface area contributed by atoms with E-state index in [-0.39, 0.29) is 5.78 Å². The molecule has 0 aliphatic rings. The summed E-state index contributed by atoms with van der Waals surface area (Å²) in [4.78, 5) is 22.1. The fourth-order valence-corrected chi connectivity index (χ4v) is 2.20. The van der Waals surface area contributed by atoms with E-state index >= 15 is 0 Å². The number of rotatable bonds is 3. The highest BCUT2D eigenvalue weighted by atomic mass is 127. The van der Waals surface area contributed by atoms with Gasteiger partial charge < -0.3 is 0 Å². The highest BCUT2D eigenvalue weighted by Gasteiger charge is 2.10. The first-order chi connectivity index (χ1) is 6.60. The number of halogens is 2. The van der Waals surface area contributed by atoms with Crippen LogP contribution in [0.4, 0.5) is 0 Å². The maximum Gasteiger partial charge on any atom is 0.174 e. The Morgan fingerprint density at radius 2 is 2.21 bits per heavy atom. The summed E-state index contributed by atoms with van der Waals surface area (Å²) in [7, 11) is 0. The topological polar surface area (TPSA) is 34.1 Å². The maximum absolute atomic E-state index is 11.4. The van der Waals surface area contributed by atoms with Gasteiger partial charge >= 0.3 is 0 Å². The van der Waals surface area contributed by atoms with Crippen molar-refractivity contribution in [2.45, 2.75) is 6.92 Å². The lowest BCUT2D eigenvalue weighted by atomic mass is 10.0. The smallest absolute Gasteiger partial charge is 0.174 e.